The SMILES string of the molecule is CC(CC(=O)N(C)C1COCC1C(=O)O)CC(C)(C)C. The summed E-state index contributed by atoms with van der Waals surface area (Å²) < 4.78 is 5.21. The lowest BCUT2D eigenvalue weighted by atomic mass is 9.84. The molecule has 0 aromatic heterocycles. The molecule has 5 nitrogen and oxygen atoms in total. The average molecular weight is 285 g/mol. The van der Waals surface area contributed by atoms with E-state index in [0.717, 1.165) is 6.42 Å². The van der Waals surface area contributed by atoms with Crippen LogP contribution in [0.25, 0.3) is 0 Å². The fourth-order valence-corrected chi connectivity index (χ4v) is 2.91. The molecule has 0 spiro atoms. The highest BCUT2D eigenvalue weighted by atomic mass is 16.5. The Hall–Kier alpha value is -1.10. The van der Waals surface area contributed by atoms with Crippen LogP contribution in [-0.4, -0.2) is 48.2 Å². The monoisotopic (exact) mass is 285 g/mol. The maximum Gasteiger partial charge on any atom is 0.311 e. The van der Waals surface area contributed by atoms with Crippen LogP contribution in [0.4, 0.5) is 0 Å². The van der Waals surface area contributed by atoms with Crippen molar-refractivity contribution in [3.63, 3.8) is 0 Å². The lowest BCUT2D eigenvalue weighted by Gasteiger charge is -2.29. The van der Waals surface area contributed by atoms with E-state index in [1.54, 1.807) is 11.9 Å². The minimum atomic E-state index is -0.894. The Kier molecular flexibility index (Phi) is 5.57. The summed E-state index contributed by atoms with van der Waals surface area (Å²) in [5, 5.41) is 9.13. The van der Waals surface area contributed by atoms with Crippen LogP contribution < -0.4 is 0 Å². The number of hydrogen-bond acceptors (Lipinski definition) is 3. The largest absolute Gasteiger partial charge is 0.481 e. The maximum absolute atomic E-state index is 12.3. The first-order chi connectivity index (χ1) is 9.11. The van der Waals surface area contributed by atoms with E-state index >= 15 is 0 Å². The van der Waals surface area contributed by atoms with Crippen molar-refractivity contribution in [2.75, 3.05) is 20.3 Å². The average Bonchev–Trinajstić information content (AvgIpc) is 2.73. The number of carbonyl (C=O) groups is 2. The van der Waals surface area contributed by atoms with Gasteiger partial charge in [-0.3, -0.25) is 9.59 Å². The minimum absolute atomic E-state index is 0.00324. The van der Waals surface area contributed by atoms with Gasteiger partial charge in [0.2, 0.25) is 5.91 Å². The van der Waals surface area contributed by atoms with Crippen molar-refractivity contribution in [1.82, 2.24) is 4.90 Å². The van der Waals surface area contributed by atoms with Gasteiger partial charge in [-0.15, -0.1) is 0 Å². The molecule has 1 saturated heterocycles. The summed E-state index contributed by atoms with van der Waals surface area (Å²) in [7, 11) is 1.68. The number of likely N-dealkylation sites (N-methyl/N-ethyl adjacent to an activating group) is 1. The van der Waals surface area contributed by atoms with Gasteiger partial charge in [-0.1, -0.05) is 27.7 Å². The van der Waals surface area contributed by atoms with Gasteiger partial charge >= 0.3 is 5.97 Å². The van der Waals surface area contributed by atoms with Crippen LogP contribution in [0.15, 0.2) is 0 Å². The number of aliphatic carboxylic acids is 1. The topological polar surface area (TPSA) is 66.8 Å². The number of hydrogen-bond donors (Lipinski definition) is 1. The highest BCUT2D eigenvalue weighted by Crippen LogP contribution is 2.27. The highest BCUT2D eigenvalue weighted by molar-refractivity contribution is 5.78. The molecule has 1 amide bonds. The normalized spacial score (nSPS) is 24.4. The van der Waals surface area contributed by atoms with E-state index in [-0.39, 0.29) is 29.9 Å². The number of nitrogens with zero attached hydrogens (tertiary/aromatic N) is 1. The first kappa shape index (κ1) is 17.0. The van der Waals surface area contributed by atoms with Crippen LogP contribution >= 0.6 is 0 Å². The lowest BCUT2D eigenvalue weighted by molar-refractivity contribution is -0.144. The van der Waals surface area contributed by atoms with Crippen molar-refractivity contribution in [2.45, 2.75) is 46.6 Å². The Labute approximate surface area is 121 Å². The van der Waals surface area contributed by atoms with Gasteiger partial charge in [0.25, 0.3) is 0 Å². The number of amides is 1. The molecule has 1 aliphatic rings. The van der Waals surface area contributed by atoms with Crippen molar-refractivity contribution in [2.24, 2.45) is 17.3 Å². The quantitative estimate of drug-likeness (QED) is 0.839. The third-order valence-corrected chi connectivity index (χ3v) is 3.74. The van der Waals surface area contributed by atoms with Crippen molar-refractivity contribution in [1.29, 1.82) is 0 Å². The molecule has 116 valence electrons. The van der Waals surface area contributed by atoms with Gasteiger partial charge in [0.05, 0.1) is 19.3 Å². The Morgan fingerprint density at radius 1 is 1.35 bits per heavy atom. The molecule has 20 heavy (non-hydrogen) atoms. The maximum atomic E-state index is 12.3. The van der Waals surface area contributed by atoms with Crippen molar-refractivity contribution in [3.8, 4) is 0 Å². The van der Waals surface area contributed by atoms with Crippen molar-refractivity contribution < 1.29 is 19.4 Å². The Bertz CT molecular complexity index is 361. The lowest BCUT2D eigenvalue weighted by Crippen LogP contribution is -2.44. The van der Waals surface area contributed by atoms with Gasteiger partial charge in [-0.05, 0) is 17.8 Å². The molecule has 1 aliphatic heterocycles. The van der Waals surface area contributed by atoms with Gasteiger partial charge < -0.3 is 14.7 Å². The molecule has 0 aliphatic carbocycles. The number of carbonyl (C=O) groups excluding carboxylic acids is 1. The fourth-order valence-electron chi connectivity index (χ4n) is 2.91. The number of rotatable bonds is 5. The van der Waals surface area contributed by atoms with E-state index in [1.165, 1.54) is 0 Å². The van der Waals surface area contributed by atoms with Gasteiger partial charge in [0.15, 0.2) is 0 Å². The molecule has 3 atom stereocenters. The zero-order valence-corrected chi connectivity index (χ0v) is 13.2. The molecule has 5 heteroatoms. The Balaban J connectivity index is 2.56. The molecule has 0 bridgehead atoms. The second kappa shape index (κ2) is 6.57. The van der Waals surface area contributed by atoms with E-state index in [1.807, 2.05) is 0 Å². The number of ether oxygens (including phenoxy) is 1. The summed E-state index contributed by atoms with van der Waals surface area (Å²) in [5.74, 6) is -1.21. The molecule has 1 heterocycles. The van der Waals surface area contributed by atoms with Crippen LogP contribution in [0.2, 0.25) is 0 Å². The molecule has 0 radical (unpaired) electrons. The predicted octanol–water partition coefficient (Wildman–Crippen LogP) is 2.01. The zero-order valence-electron chi connectivity index (χ0n) is 13.2. The van der Waals surface area contributed by atoms with E-state index in [2.05, 4.69) is 27.7 Å². The second-order valence-corrected chi connectivity index (χ2v) is 7.13. The highest BCUT2D eigenvalue weighted by Gasteiger charge is 2.38. The Morgan fingerprint density at radius 2 is 1.95 bits per heavy atom. The minimum Gasteiger partial charge on any atom is -0.481 e. The summed E-state index contributed by atoms with van der Waals surface area (Å²) in [6.45, 7) is 9.04. The van der Waals surface area contributed by atoms with E-state index in [0.29, 0.717) is 13.0 Å². The molecule has 0 aromatic carbocycles. The zero-order chi connectivity index (χ0) is 15.5. The smallest absolute Gasteiger partial charge is 0.311 e. The molecule has 0 aromatic rings. The fraction of sp³-hybridized carbons (Fsp3) is 0.867. The van der Waals surface area contributed by atoms with Crippen LogP contribution in [0.3, 0.4) is 0 Å². The van der Waals surface area contributed by atoms with Gasteiger partial charge in [0, 0.05) is 13.5 Å². The van der Waals surface area contributed by atoms with E-state index < -0.39 is 11.9 Å². The molecular formula is C15H27NO4. The first-order valence-corrected chi connectivity index (χ1v) is 7.18. The summed E-state index contributed by atoms with van der Waals surface area (Å²) in [5.41, 5.74) is 0.193. The Morgan fingerprint density at radius 3 is 2.45 bits per heavy atom. The summed E-state index contributed by atoms with van der Waals surface area (Å²) >= 11 is 0. The molecule has 1 fully saturated rings. The van der Waals surface area contributed by atoms with E-state index in [4.69, 9.17) is 9.84 Å². The van der Waals surface area contributed by atoms with E-state index in [9.17, 15) is 9.59 Å². The third-order valence-electron chi connectivity index (χ3n) is 3.74. The first-order valence-electron chi connectivity index (χ1n) is 7.18. The standard InChI is InChI=1S/C15H27NO4/c1-10(7-15(2,3)4)6-13(17)16(5)12-9-20-8-11(12)14(18)19/h10-12H,6-9H2,1-5H3,(H,18,19). The molecule has 0 saturated carbocycles. The number of carboxylic acid groups (broad SMARTS) is 1. The van der Waals surface area contributed by atoms with Crippen LogP contribution in [0.5, 0.6) is 0 Å². The molecule has 1 rings (SSSR count). The predicted molar refractivity (Wildman–Crippen MR) is 76.4 cm³/mol. The summed E-state index contributed by atoms with van der Waals surface area (Å²) in [6.07, 6.45) is 1.42. The molecular weight excluding hydrogens is 258 g/mol. The summed E-state index contributed by atoms with van der Waals surface area (Å²) in [6, 6.07) is -0.346. The van der Waals surface area contributed by atoms with Gasteiger partial charge in [-0.2, -0.15) is 0 Å². The van der Waals surface area contributed by atoms with Gasteiger partial charge in [-0.25, -0.2) is 0 Å². The van der Waals surface area contributed by atoms with Gasteiger partial charge in [0.1, 0.15) is 5.92 Å². The third kappa shape index (κ3) is 4.78. The second-order valence-electron chi connectivity index (χ2n) is 7.13. The van der Waals surface area contributed by atoms with Crippen LogP contribution in [0, 0.1) is 17.3 Å². The van der Waals surface area contributed by atoms with Crippen LogP contribution in [0.1, 0.15) is 40.5 Å². The van der Waals surface area contributed by atoms with Crippen molar-refractivity contribution >= 4 is 11.9 Å². The summed E-state index contributed by atoms with van der Waals surface area (Å²) in [4.78, 5) is 25.0. The molecule has 3 unspecified atom stereocenters. The van der Waals surface area contributed by atoms with Crippen LogP contribution in [-0.2, 0) is 14.3 Å². The van der Waals surface area contributed by atoms with Crippen molar-refractivity contribution in [3.05, 3.63) is 0 Å². The number of carboxylic acids is 1. The molecule has 1 N–H and O–H groups in total.